The maximum absolute atomic E-state index is 5.84. The number of hydrogen-bond acceptors (Lipinski definition) is 3. The molecule has 2 saturated heterocycles. The maximum atomic E-state index is 5.84. The standard InChI is InChI=1S/C15H29N3O2/c1-11(2)10-19-8-4-7-17-15(16-3)18-13-9-12-5-6-14(13)20-12/h11-14H,4-10H2,1-3H3,(H2,16,17,18). The molecule has 2 heterocycles. The molecule has 0 aromatic carbocycles. The Morgan fingerprint density at radius 3 is 2.85 bits per heavy atom. The van der Waals surface area contributed by atoms with Crippen LogP contribution in [0.25, 0.3) is 0 Å². The minimum absolute atomic E-state index is 0.382. The molecule has 3 unspecified atom stereocenters. The summed E-state index contributed by atoms with van der Waals surface area (Å²) in [6, 6.07) is 0.428. The predicted molar refractivity (Wildman–Crippen MR) is 81.1 cm³/mol. The summed E-state index contributed by atoms with van der Waals surface area (Å²) in [5.41, 5.74) is 0. The summed E-state index contributed by atoms with van der Waals surface area (Å²) < 4.78 is 11.4. The van der Waals surface area contributed by atoms with Crippen LogP contribution in [0.5, 0.6) is 0 Å². The van der Waals surface area contributed by atoms with E-state index >= 15 is 0 Å². The van der Waals surface area contributed by atoms with E-state index < -0.39 is 0 Å². The number of hydrogen-bond donors (Lipinski definition) is 2. The van der Waals surface area contributed by atoms with Gasteiger partial charge in [-0.25, -0.2) is 0 Å². The first-order chi connectivity index (χ1) is 9.69. The van der Waals surface area contributed by atoms with Crippen LogP contribution >= 0.6 is 0 Å². The number of aliphatic imine (C=N–C) groups is 1. The van der Waals surface area contributed by atoms with Crippen LogP contribution in [0.4, 0.5) is 0 Å². The lowest BCUT2D eigenvalue weighted by atomic mass is 9.96. The van der Waals surface area contributed by atoms with Gasteiger partial charge in [0.25, 0.3) is 0 Å². The third kappa shape index (κ3) is 4.63. The van der Waals surface area contributed by atoms with Crippen LogP contribution in [0.2, 0.25) is 0 Å². The Bertz CT molecular complexity index is 320. The van der Waals surface area contributed by atoms with Crippen molar-refractivity contribution in [2.45, 2.75) is 57.8 Å². The molecule has 2 aliphatic heterocycles. The van der Waals surface area contributed by atoms with Crippen LogP contribution in [0.15, 0.2) is 4.99 Å². The van der Waals surface area contributed by atoms with Gasteiger partial charge in [0, 0.05) is 26.8 Å². The third-order valence-electron chi connectivity index (χ3n) is 3.86. The SMILES string of the molecule is CN=C(NCCCOCC(C)C)NC1CC2CCC1O2. The first kappa shape index (κ1) is 15.6. The normalized spacial score (nSPS) is 29.2. The number of fused-ring (bicyclic) bond motifs is 2. The number of rotatable bonds is 7. The molecule has 0 amide bonds. The van der Waals surface area contributed by atoms with E-state index in [4.69, 9.17) is 9.47 Å². The van der Waals surface area contributed by atoms with Crippen molar-refractivity contribution < 1.29 is 9.47 Å². The van der Waals surface area contributed by atoms with E-state index in [0.717, 1.165) is 38.6 Å². The average molecular weight is 283 g/mol. The smallest absolute Gasteiger partial charge is 0.191 e. The van der Waals surface area contributed by atoms with Crippen molar-refractivity contribution in [3.63, 3.8) is 0 Å². The molecule has 2 rings (SSSR count). The molecule has 0 aromatic heterocycles. The monoisotopic (exact) mass is 283 g/mol. The minimum atomic E-state index is 0.382. The van der Waals surface area contributed by atoms with Crippen LogP contribution in [-0.4, -0.2) is 51.0 Å². The molecule has 2 fully saturated rings. The van der Waals surface area contributed by atoms with E-state index in [-0.39, 0.29) is 0 Å². The second-order valence-electron chi connectivity index (χ2n) is 6.18. The predicted octanol–water partition coefficient (Wildman–Crippen LogP) is 1.53. The Morgan fingerprint density at radius 2 is 2.25 bits per heavy atom. The van der Waals surface area contributed by atoms with Crippen LogP contribution in [0.1, 0.15) is 39.5 Å². The van der Waals surface area contributed by atoms with Gasteiger partial charge >= 0.3 is 0 Å². The van der Waals surface area contributed by atoms with Gasteiger partial charge in [-0.05, 0) is 31.6 Å². The topological polar surface area (TPSA) is 54.9 Å². The lowest BCUT2D eigenvalue weighted by Crippen LogP contribution is -2.47. The molecular weight excluding hydrogens is 254 g/mol. The van der Waals surface area contributed by atoms with Crippen molar-refractivity contribution >= 4 is 5.96 Å². The van der Waals surface area contributed by atoms with Gasteiger partial charge in [0.1, 0.15) is 0 Å². The summed E-state index contributed by atoms with van der Waals surface area (Å²) in [7, 11) is 1.82. The Morgan fingerprint density at radius 1 is 1.40 bits per heavy atom. The van der Waals surface area contributed by atoms with Gasteiger partial charge < -0.3 is 20.1 Å². The molecule has 2 N–H and O–H groups in total. The Kier molecular flexibility index (Phi) is 6.10. The molecule has 2 aliphatic rings. The molecule has 0 radical (unpaired) electrons. The van der Waals surface area contributed by atoms with Gasteiger partial charge in [0.15, 0.2) is 5.96 Å². The van der Waals surface area contributed by atoms with E-state index in [0.29, 0.717) is 24.2 Å². The first-order valence-electron chi connectivity index (χ1n) is 7.89. The van der Waals surface area contributed by atoms with Crippen molar-refractivity contribution in [1.29, 1.82) is 0 Å². The second-order valence-corrected chi connectivity index (χ2v) is 6.18. The summed E-state index contributed by atoms with van der Waals surface area (Å²) in [6.45, 7) is 6.87. The molecule has 5 nitrogen and oxygen atoms in total. The third-order valence-corrected chi connectivity index (χ3v) is 3.86. The molecule has 20 heavy (non-hydrogen) atoms. The van der Waals surface area contributed by atoms with Gasteiger partial charge in [-0.2, -0.15) is 0 Å². The molecule has 0 aromatic rings. The lowest BCUT2D eigenvalue weighted by Gasteiger charge is -2.22. The van der Waals surface area contributed by atoms with E-state index in [1.807, 2.05) is 7.05 Å². The summed E-state index contributed by atoms with van der Waals surface area (Å²) >= 11 is 0. The fraction of sp³-hybridized carbons (Fsp3) is 0.933. The van der Waals surface area contributed by atoms with Gasteiger partial charge in [-0.15, -0.1) is 0 Å². The summed E-state index contributed by atoms with van der Waals surface area (Å²) in [6.07, 6.45) is 5.38. The molecule has 0 aliphatic carbocycles. The Balaban J connectivity index is 1.56. The molecule has 5 heteroatoms. The van der Waals surface area contributed by atoms with Gasteiger partial charge in [0.05, 0.1) is 18.2 Å². The summed E-state index contributed by atoms with van der Waals surface area (Å²) in [5, 5.41) is 6.83. The summed E-state index contributed by atoms with van der Waals surface area (Å²) in [5.74, 6) is 1.49. The molecule has 116 valence electrons. The number of guanidine groups is 1. The molecule has 3 atom stereocenters. The number of nitrogens with zero attached hydrogens (tertiary/aromatic N) is 1. The summed E-state index contributed by atoms with van der Waals surface area (Å²) in [4.78, 5) is 4.28. The average Bonchev–Trinajstić information content (AvgIpc) is 3.03. The van der Waals surface area contributed by atoms with Crippen molar-refractivity contribution in [2.24, 2.45) is 10.9 Å². The molecule has 0 spiro atoms. The number of ether oxygens (including phenoxy) is 2. The highest BCUT2D eigenvalue weighted by atomic mass is 16.5. The van der Waals surface area contributed by atoms with E-state index in [9.17, 15) is 0 Å². The highest BCUT2D eigenvalue weighted by Gasteiger charge is 2.40. The fourth-order valence-corrected chi connectivity index (χ4v) is 2.86. The maximum Gasteiger partial charge on any atom is 0.191 e. The van der Waals surface area contributed by atoms with Crippen LogP contribution in [0.3, 0.4) is 0 Å². The van der Waals surface area contributed by atoms with Crippen molar-refractivity contribution in [3.05, 3.63) is 0 Å². The fourth-order valence-electron chi connectivity index (χ4n) is 2.86. The van der Waals surface area contributed by atoms with E-state index in [1.54, 1.807) is 0 Å². The number of nitrogens with one attached hydrogen (secondary N) is 2. The zero-order valence-corrected chi connectivity index (χ0v) is 13.0. The zero-order valence-electron chi connectivity index (χ0n) is 13.0. The second kappa shape index (κ2) is 7.84. The van der Waals surface area contributed by atoms with Crippen molar-refractivity contribution in [2.75, 3.05) is 26.8 Å². The van der Waals surface area contributed by atoms with Gasteiger partial charge in [0.2, 0.25) is 0 Å². The van der Waals surface area contributed by atoms with Crippen molar-refractivity contribution in [1.82, 2.24) is 10.6 Å². The van der Waals surface area contributed by atoms with Crippen molar-refractivity contribution in [3.8, 4) is 0 Å². The van der Waals surface area contributed by atoms with Crippen LogP contribution in [0, 0.1) is 5.92 Å². The van der Waals surface area contributed by atoms with Crippen LogP contribution in [-0.2, 0) is 9.47 Å². The molecule has 0 saturated carbocycles. The molecular formula is C15H29N3O2. The van der Waals surface area contributed by atoms with E-state index in [1.165, 1.54) is 12.8 Å². The highest BCUT2D eigenvalue weighted by Crippen LogP contribution is 2.34. The van der Waals surface area contributed by atoms with Gasteiger partial charge in [-0.3, -0.25) is 4.99 Å². The Labute approximate surface area is 122 Å². The zero-order chi connectivity index (χ0) is 14.4. The van der Waals surface area contributed by atoms with Gasteiger partial charge in [-0.1, -0.05) is 13.8 Å². The molecule has 2 bridgehead atoms. The minimum Gasteiger partial charge on any atom is -0.381 e. The Hall–Kier alpha value is -0.810. The largest absolute Gasteiger partial charge is 0.381 e. The first-order valence-corrected chi connectivity index (χ1v) is 7.89. The highest BCUT2D eigenvalue weighted by molar-refractivity contribution is 5.80. The lowest BCUT2D eigenvalue weighted by molar-refractivity contribution is 0.0991. The van der Waals surface area contributed by atoms with E-state index in [2.05, 4.69) is 29.5 Å². The quantitative estimate of drug-likeness (QED) is 0.423. The van der Waals surface area contributed by atoms with Crippen LogP contribution < -0.4 is 10.6 Å².